The number of hydrogen-bond acceptors (Lipinski definition) is 3. The molecule has 1 fully saturated rings. The maximum Gasteiger partial charge on any atom is 0.495 e. The first-order valence-corrected chi connectivity index (χ1v) is 10.5. The van der Waals surface area contributed by atoms with E-state index in [0.29, 0.717) is 37.2 Å². The van der Waals surface area contributed by atoms with E-state index in [1.165, 1.54) is 18.2 Å². The van der Waals surface area contributed by atoms with Gasteiger partial charge < -0.3 is 10.2 Å². The highest BCUT2D eigenvalue weighted by atomic mass is 35.5. The predicted molar refractivity (Wildman–Crippen MR) is 112 cm³/mol. The highest BCUT2D eigenvalue weighted by Gasteiger charge is 2.42. The van der Waals surface area contributed by atoms with Gasteiger partial charge in [-0.1, -0.05) is 23.7 Å². The number of carbonyl (C=O) groups excluding carboxylic acids is 2. The number of amidine groups is 1. The topological polar surface area (TPSA) is 89.4 Å². The van der Waals surface area contributed by atoms with Crippen LogP contribution in [0.3, 0.4) is 0 Å². The zero-order valence-electron chi connectivity index (χ0n) is 17.2. The molecule has 2 atom stereocenters. The molecule has 2 heterocycles. The van der Waals surface area contributed by atoms with Crippen LogP contribution in [0, 0.1) is 5.82 Å². The molecule has 2 aliphatic rings. The highest BCUT2D eigenvalue weighted by molar-refractivity contribution is 6.30. The Kier molecular flexibility index (Phi) is 6.15. The van der Waals surface area contributed by atoms with E-state index in [2.05, 4.69) is 5.32 Å². The van der Waals surface area contributed by atoms with Gasteiger partial charge in [0, 0.05) is 30.6 Å². The van der Waals surface area contributed by atoms with Crippen molar-refractivity contribution in [3.8, 4) is 0 Å². The fourth-order valence-corrected chi connectivity index (χ4v) is 4.51. The van der Waals surface area contributed by atoms with Crippen LogP contribution >= 0.6 is 11.6 Å². The summed E-state index contributed by atoms with van der Waals surface area (Å²) < 4.78 is 51.2. The van der Waals surface area contributed by atoms with Gasteiger partial charge in [-0.05, 0) is 48.4 Å². The van der Waals surface area contributed by atoms with Crippen molar-refractivity contribution in [2.24, 2.45) is 5.73 Å². The number of benzene rings is 2. The number of alkyl halides is 3. The number of nitrogens with one attached hydrogen (secondary N) is 2. The zero-order valence-corrected chi connectivity index (χ0v) is 17.9. The van der Waals surface area contributed by atoms with Crippen molar-refractivity contribution in [2.45, 2.75) is 31.1 Å². The van der Waals surface area contributed by atoms with Gasteiger partial charge in [-0.15, -0.1) is 0 Å². The molecule has 2 aromatic carbocycles. The Morgan fingerprint density at radius 2 is 1.97 bits per heavy atom. The quantitative estimate of drug-likeness (QED) is 0.350. The number of carbonyl (C=O) groups is 2. The molecule has 0 aromatic heterocycles. The average Bonchev–Trinajstić information content (AvgIpc) is 3.10. The monoisotopic (exact) mass is 483 g/mol. The maximum atomic E-state index is 13.6. The van der Waals surface area contributed by atoms with Gasteiger partial charge >= 0.3 is 12.1 Å². The van der Waals surface area contributed by atoms with E-state index in [9.17, 15) is 27.2 Å². The van der Waals surface area contributed by atoms with Gasteiger partial charge in [0.15, 0.2) is 0 Å². The van der Waals surface area contributed by atoms with Crippen LogP contribution in [-0.2, 0) is 11.3 Å². The van der Waals surface area contributed by atoms with E-state index in [1.807, 2.05) is 0 Å². The minimum absolute atomic E-state index is 0.00409. The van der Waals surface area contributed by atoms with Gasteiger partial charge in [-0.25, -0.2) is 14.2 Å². The molecular formula is C22H20ClF4N4O2+. The first-order valence-electron chi connectivity index (χ1n) is 10.2. The Bertz CT molecular complexity index is 1150. The predicted octanol–water partition coefficient (Wildman–Crippen LogP) is 1.46. The molecule has 1 saturated heterocycles. The van der Waals surface area contributed by atoms with Gasteiger partial charge in [0.05, 0.1) is 10.6 Å². The Labute approximate surface area is 191 Å². The summed E-state index contributed by atoms with van der Waals surface area (Å²) >= 11 is 5.96. The van der Waals surface area contributed by atoms with Crippen molar-refractivity contribution in [3.05, 3.63) is 69.5 Å². The normalized spacial score (nSPS) is 21.3. The first kappa shape index (κ1) is 23.2. The van der Waals surface area contributed by atoms with Crippen molar-refractivity contribution >= 4 is 29.3 Å². The van der Waals surface area contributed by atoms with Gasteiger partial charge in [-0.2, -0.15) is 13.2 Å². The number of piperidine rings is 1. The van der Waals surface area contributed by atoms with Gasteiger partial charge in [-0.3, -0.25) is 10.5 Å². The third-order valence-electron chi connectivity index (χ3n) is 5.98. The minimum Gasteiger partial charge on any atom is -0.331 e. The third kappa shape index (κ3) is 4.58. The van der Waals surface area contributed by atoms with E-state index in [4.69, 9.17) is 17.3 Å². The maximum absolute atomic E-state index is 13.6. The average molecular weight is 484 g/mol. The summed E-state index contributed by atoms with van der Waals surface area (Å²) in [5, 5.41) is 3.29. The number of rotatable bonds is 3. The van der Waals surface area contributed by atoms with Crippen LogP contribution in [0.4, 0.5) is 17.6 Å². The van der Waals surface area contributed by atoms with Crippen molar-refractivity contribution < 1.29 is 32.1 Å². The molecule has 174 valence electrons. The summed E-state index contributed by atoms with van der Waals surface area (Å²) in [5.74, 6) is -3.62. The summed E-state index contributed by atoms with van der Waals surface area (Å²) in [6.45, 7) is 1.58. The smallest absolute Gasteiger partial charge is 0.331 e. The standard InChI is InChI=1S/C22H19ClF4N4O2/c23-16-8-11(3-4-17(16)24)15-9-29-6-5-18(15)31-10-13-2-1-12(7-14(13)20(31)32)19(28)30-21(33)22(25,26)27/h1-4,7-8,15,18,29H,5-6,9-10H2,(H2,28,30,33)/p+1. The largest absolute Gasteiger partial charge is 0.495 e. The molecule has 0 spiro atoms. The second-order valence-corrected chi connectivity index (χ2v) is 8.42. The van der Waals surface area contributed by atoms with Crippen molar-refractivity contribution in [1.29, 1.82) is 0 Å². The number of hydrogen-bond donors (Lipinski definition) is 3. The van der Waals surface area contributed by atoms with Crippen LogP contribution in [0.25, 0.3) is 0 Å². The SMILES string of the molecule is NC(=[NH+]C(=O)C(F)(F)F)c1ccc2c(c1)C(=O)N(C1CCNCC1c1ccc(F)c(Cl)c1)C2. The highest BCUT2D eigenvalue weighted by Crippen LogP contribution is 2.35. The molecule has 2 aromatic rings. The number of halogens is 5. The van der Waals surface area contributed by atoms with Crippen LogP contribution in [0.5, 0.6) is 0 Å². The Morgan fingerprint density at radius 1 is 1.21 bits per heavy atom. The Morgan fingerprint density at radius 3 is 2.67 bits per heavy atom. The third-order valence-corrected chi connectivity index (χ3v) is 6.27. The van der Waals surface area contributed by atoms with Gasteiger partial charge in [0.1, 0.15) is 5.82 Å². The van der Waals surface area contributed by atoms with Crippen LogP contribution in [0.1, 0.15) is 39.4 Å². The lowest BCUT2D eigenvalue weighted by Crippen LogP contribution is -2.83. The molecule has 0 aliphatic carbocycles. The molecule has 4 rings (SSSR count). The summed E-state index contributed by atoms with van der Waals surface area (Å²) in [4.78, 5) is 27.7. The molecule has 0 bridgehead atoms. The molecule has 0 saturated carbocycles. The number of fused-ring (bicyclic) bond motifs is 1. The lowest BCUT2D eigenvalue weighted by molar-refractivity contribution is -0.406. The number of nitrogens with two attached hydrogens (primary N) is 1. The number of amides is 2. The molecule has 33 heavy (non-hydrogen) atoms. The van der Waals surface area contributed by atoms with Gasteiger partial charge in [0.2, 0.25) is 0 Å². The lowest BCUT2D eigenvalue weighted by atomic mass is 9.86. The molecule has 0 radical (unpaired) electrons. The second-order valence-electron chi connectivity index (χ2n) is 8.01. The molecule has 11 heteroatoms. The van der Waals surface area contributed by atoms with Crippen LogP contribution < -0.4 is 16.0 Å². The van der Waals surface area contributed by atoms with Crippen molar-refractivity contribution in [1.82, 2.24) is 10.2 Å². The lowest BCUT2D eigenvalue weighted by Gasteiger charge is -2.38. The van der Waals surface area contributed by atoms with E-state index in [-0.39, 0.29) is 28.5 Å². The van der Waals surface area contributed by atoms with E-state index < -0.39 is 23.7 Å². The van der Waals surface area contributed by atoms with Crippen molar-refractivity contribution in [2.75, 3.05) is 13.1 Å². The summed E-state index contributed by atoms with van der Waals surface area (Å²) in [6.07, 6.45) is -4.43. The summed E-state index contributed by atoms with van der Waals surface area (Å²) in [6, 6.07) is 8.77. The zero-order chi connectivity index (χ0) is 23.9. The van der Waals surface area contributed by atoms with Crippen LogP contribution in [0.2, 0.25) is 5.02 Å². The summed E-state index contributed by atoms with van der Waals surface area (Å²) in [5.41, 5.74) is 7.56. The molecule has 2 aliphatic heterocycles. The number of nitrogens with zero attached hydrogens (tertiary/aromatic N) is 1. The molecule has 6 nitrogen and oxygen atoms in total. The van der Waals surface area contributed by atoms with E-state index in [0.717, 1.165) is 5.56 Å². The molecule has 2 unspecified atom stereocenters. The molecular weight excluding hydrogens is 464 g/mol. The fraction of sp³-hybridized carbons (Fsp3) is 0.318. The minimum atomic E-state index is -5.08. The van der Waals surface area contributed by atoms with E-state index in [1.54, 1.807) is 28.1 Å². The molecule has 4 N–H and O–H groups in total. The van der Waals surface area contributed by atoms with Crippen molar-refractivity contribution in [3.63, 3.8) is 0 Å². The van der Waals surface area contributed by atoms with Gasteiger partial charge in [0.25, 0.3) is 11.7 Å². The Balaban J connectivity index is 1.60. The van der Waals surface area contributed by atoms with E-state index >= 15 is 0 Å². The molecule has 2 amide bonds. The van der Waals surface area contributed by atoms with Crippen LogP contribution in [0.15, 0.2) is 36.4 Å². The number of nitrogen functional groups attached to an aromatic ring is 1. The Hall–Kier alpha value is -2.98. The first-order chi connectivity index (χ1) is 15.6. The van der Waals surface area contributed by atoms with Crippen LogP contribution in [-0.4, -0.2) is 47.9 Å². The fourth-order valence-electron chi connectivity index (χ4n) is 4.33. The summed E-state index contributed by atoms with van der Waals surface area (Å²) in [7, 11) is 0. The second kappa shape index (κ2) is 8.75.